The number of pyridine rings is 1. The van der Waals surface area contributed by atoms with Gasteiger partial charge in [-0.1, -0.05) is 40.2 Å². The molecular weight excluding hydrogens is 622 g/mol. The van der Waals surface area contributed by atoms with Gasteiger partial charge in [-0.2, -0.15) is 0 Å². The van der Waals surface area contributed by atoms with Crippen LogP contribution < -0.4 is 10.6 Å². The van der Waals surface area contributed by atoms with Gasteiger partial charge in [0.2, 0.25) is 5.91 Å². The predicted octanol–water partition coefficient (Wildman–Crippen LogP) is 3.16. The molecule has 2 aromatic rings. The summed E-state index contributed by atoms with van der Waals surface area (Å²) in [6.07, 6.45) is 1.63. The molecule has 8 rings (SSSR count). The van der Waals surface area contributed by atoms with E-state index in [0.717, 1.165) is 0 Å². The van der Waals surface area contributed by atoms with Crippen LogP contribution in [0.5, 0.6) is 0 Å². The zero-order valence-electron chi connectivity index (χ0n) is 27.3. The van der Waals surface area contributed by atoms with Crippen LogP contribution in [0.15, 0.2) is 29.8 Å². The fourth-order valence-electron chi connectivity index (χ4n) is 10.3. The minimum absolute atomic E-state index is 0.0448. The number of nitrogens with zero attached hydrogens (tertiary/aromatic N) is 3. The summed E-state index contributed by atoms with van der Waals surface area (Å²) < 4.78 is 5.74. The van der Waals surface area contributed by atoms with E-state index in [1.807, 2.05) is 27.7 Å². The second-order valence-corrected chi connectivity index (χ2v) is 15.4. The van der Waals surface area contributed by atoms with Crippen LogP contribution in [0, 0.1) is 52.8 Å². The van der Waals surface area contributed by atoms with Crippen molar-refractivity contribution in [3.8, 4) is 0 Å². The highest BCUT2D eigenvalue weighted by Gasteiger charge is 3.12. The Kier molecular flexibility index (Phi) is 7.31. The summed E-state index contributed by atoms with van der Waals surface area (Å²) in [5, 5.41) is 18.0. The van der Waals surface area contributed by atoms with Crippen LogP contribution in [0.25, 0.3) is 0 Å². The standard InChI is InChI=1S/C34H41N5O7S/c1-7-15(4)27(37-28(41)17-10-8-9-11-35-17)31(43)39(6)19(14(2)3)12-20(46-16(5)40)30-36-18(13-47-30)29(42)38-34-24-21-25(34)23-26(34)22(24)33(21,23)32(44)45/h8-11,13-15,19-27H,7,12H2,1-6H3,(H,37,41)(H,38,42)(H,44,45)/t15-,19+,20+,21?,22?,23?,24?,25?,26?,27-,33?,34?/m0/s1. The first-order chi connectivity index (χ1) is 22.3. The van der Waals surface area contributed by atoms with Crippen LogP contribution in [0.3, 0.4) is 0 Å². The van der Waals surface area contributed by atoms with E-state index >= 15 is 0 Å². The number of carboxylic acid groups (broad SMARTS) is 1. The van der Waals surface area contributed by atoms with Crippen LogP contribution in [0.4, 0.5) is 0 Å². The van der Waals surface area contributed by atoms with Gasteiger partial charge in [-0.05, 0) is 59.5 Å². The maximum absolute atomic E-state index is 14.0. The molecular formula is C34H41N5O7S. The van der Waals surface area contributed by atoms with E-state index < -0.39 is 35.4 Å². The van der Waals surface area contributed by atoms with E-state index in [4.69, 9.17) is 4.74 Å². The van der Waals surface area contributed by atoms with Crippen LogP contribution >= 0.6 is 11.3 Å². The van der Waals surface area contributed by atoms with E-state index in [2.05, 4.69) is 20.6 Å². The number of carboxylic acids is 1. The number of amides is 3. The number of hydrogen-bond acceptors (Lipinski definition) is 9. The molecule has 6 aliphatic carbocycles. The number of hydrogen-bond donors (Lipinski definition) is 3. The second-order valence-electron chi connectivity index (χ2n) is 14.5. The van der Waals surface area contributed by atoms with Crippen molar-refractivity contribution in [1.29, 1.82) is 0 Å². The molecule has 0 unspecified atom stereocenters. The molecule has 0 spiro atoms. The molecule has 6 aliphatic rings. The Morgan fingerprint density at radius 2 is 1.68 bits per heavy atom. The Labute approximate surface area is 277 Å². The van der Waals surface area contributed by atoms with Crippen LogP contribution in [0.1, 0.15) is 79.5 Å². The number of aliphatic carboxylic acids is 1. The molecule has 47 heavy (non-hydrogen) atoms. The molecule has 0 bridgehead atoms. The Morgan fingerprint density at radius 1 is 1.02 bits per heavy atom. The molecule has 13 heteroatoms. The average molecular weight is 664 g/mol. The molecule has 6 saturated carbocycles. The molecule has 3 amide bonds. The summed E-state index contributed by atoms with van der Waals surface area (Å²) in [6.45, 7) is 9.14. The van der Waals surface area contributed by atoms with Gasteiger partial charge in [0, 0.05) is 38.0 Å². The predicted molar refractivity (Wildman–Crippen MR) is 169 cm³/mol. The van der Waals surface area contributed by atoms with E-state index in [1.165, 1.54) is 24.5 Å². The monoisotopic (exact) mass is 663 g/mol. The van der Waals surface area contributed by atoms with Crippen molar-refractivity contribution in [2.45, 2.75) is 71.2 Å². The minimum Gasteiger partial charge on any atom is -0.481 e. The summed E-state index contributed by atoms with van der Waals surface area (Å²) in [7, 11) is 1.69. The van der Waals surface area contributed by atoms with E-state index in [1.54, 1.807) is 35.5 Å². The van der Waals surface area contributed by atoms with Gasteiger partial charge in [-0.15, -0.1) is 11.3 Å². The van der Waals surface area contributed by atoms with Crippen molar-refractivity contribution in [2.24, 2.45) is 52.8 Å². The summed E-state index contributed by atoms with van der Waals surface area (Å²) in [4.78, 5) is 74.8. The number of ether oxygens (including phenoxy) is 1. The Morgan fingerprint density at radius 3 is 2.21 bits per heavy atom. The molecule has 2 heterocycles. The highest BCUT2D eigenvalue weighted by molar-refractivity contribution is 7.09. The smallest absolute Gasteiger partial charge is 0.310 e. The lowest BCUT2D eigenvalue weighted by Gasteiger charge is -3.09. The topological polar surface area (TPSA) is 168 Å². The second kappa shape index (κ2) is 10.8. The SMILES string of the molecule is CC[C@H](C)[C@H](NC(=O)c1ccccn1)C(=O)N(C)[C@H](C[C@@H](OC(C)=O)c1nc(C(=O)NC23C4C5C2C2C3C4C52C(=O)O)cs1)C(C)C. The summed E-state index contributed by atoms with van der Waals surface area (Å²) >= 11 is 1.23. The highest BCUT2D eigenvalue weighted by Crippen LogP contribution is 3.06. The van der Waals surface area contributed by atoms with Gasteiger partial charge < -0.3 is 25.4 Å². The number of rotatable bonds is 14. The van der Waals surface area contributed by atoms with Gasteiger partial charge in [-0.25, -0.2) is 4.98 Å². The number of thiazole rings is 1. The largest absolute Gasteiger partial charge is 0.481 e. The Balaban J connectivity index is 1.04. The average Bonchev–Trinajstić information content (AvgIpc) is 3.55. The number of aromatic nitrogens is 2. The number of esters is 1. The molecule has 0 saturated heterocycles. The van der Waals surface area contributed by atoms with Crippen molar-refractivity contribution in [3.63, 3.8) is 0 Å². The molecule has 0 aliphatic heterocycles. The summed E-state index contributed by atoms with van der Waals surface area (Å²) in [6, 6.07) is 3.84. The van der Waals surface area contributed by atoms with Gasteiger partial charge >= 0.3 is 11.9 Å². The number of carbonyl (C=O) groups is 5. The quantitative estimate of drug-likeness (QED) is 0.257. The van der Waals surface area contributed by atoms with Gasteiger partial charge in [0.15, 0.2) is 6.10 Å². The van der Waals surface area contributed by atoms with Gasteiger partial charge in [0.05, 0.1) is 11.0 Å². The first kappa shape index (κ1) is 31.7. The third-order valence-corrected chi connectivity index (χ3v) is 13.3. The lowest BCUT2D eigenvalue weighted by molar-refractivity contribution is -0.609. The highest BCUT2D eigenvalue weighted by atomic mass is 32.1. The van der Waals surface area contributed by atoms with Gasteiger partial charge in [0.1, 0.15) is 22.4 Å². The zero-order valence-corrected chi connectivity index (χ0v) is 28.1. The zero-order chi connectivity index (χ0) is 33.7. The minimum atomic E-state index is -0.800. The number of carbonyl (C=O) groups excluding carboxylic acids is 4. The normalized spacial score (nSPS) is 33.6. The number of likely N-dealkylation sites (N-methyl/N-ethyl adjacent to an activating group) is 1. The fraction of sp³-hybridized carbons (Fsp3) is 0.618. The van der Waals surface area contributed by atoms with Gasteiger partial charge in [-0.3, -0.25) is 29.0 Å². The van der Waals surface area contributed by atoms with E-state index in [9.17, 15) is 29.1 Å². The lowest BCUT2D eigenvalue weighted by Crippen LogP contribution is -3.16. The van der Waals surface area contributed by atoms with E-state index in [-0.39, 0.29) is 88.5 Å². The van der Waals surface area contributed by atoms with Crippen LogP contribution in [-0.2, 0) is 19.1 Å². The fourth-order valence-corrected chi connectivity index (χ4v) is 11.1. The lowest BCUT2D eigenvalue weighted by atomic mass is 8.94. The molecule has 2 aromatic heterocycles. The maximum atomic E-state index is 14.0. The molecule has 0 radical (unpaired) electrons. The van der Waals surface area contributed by atoms with E-state index in [0.29, 0.717) is 11.4 Å². The molecule has 250 valence electrons. The van der Waals surface area contributed by atoms with Crippen LogP contribution in [0.2, 0.25) is 0 Å². The third kappa shape index (κ3) is 4.01. The van der Waals surface area contributed by atoms with Crippen molar-refractivity contribution < 1.29 is 33.8 Å². The Hall–Kier alpha value is -3.87. The molecule has 0 aromatic carbocycles. The number of nitrogens with one attached hydrogen (secondary N) is 2. The van der Waals surface area contributed by atoms with Crippen LogP contribution in [-0.4, -0.2) is 74.3 Å². The van der Waals surface area contributed by atoms with Gasteiger partial charge in [0.25, 0.3) is 11.8 Å². The first-order valence-corrected chi connectivity index (χ1v) is 17.4. The van der Waals surface area contributed by atoms with Crippen molar-refractivity contribution in [3.05, 3.63) is 46.2 Å². The van der Waals surface area contributed by atoms with Crippen molar-refractivity contribution in [1.82, 2.24) is 25.5 Å². The molecule has 4 atom stereocenters. The summed E-state index contributed by atoms with van der Waals surface area (Å²) in [5.41, 5.74) is -0.308. The molecule has 12 nitrogen and oxygen atoms in total. The van der Waals surface area contributed by atoms with Crippen molar-refractivity contribution in [2.75, 3.05) is 7.05 Å². The molecule has 6 fully saturated rings. The first-order valence-electron chi connectivity index (χ1n) is 16.5. The summed E-state index contributed by atoms with van der Waals surface area (Å²) in [5.74, 6) is -0.954. The maximum Gasteiger partial charge on any atom is 0.310 e. The molecule has 3 N–H and O–H groups in total. The Bertz CT molecular complexity index is 1600. The van der Waals surface area contributed by atoms with Crippen molar-refractivity contribution >= 4 is 41.0 Å². The third-order valence-electron chi connectivity index (χ3n) is 12.4.